The number of hydrogen-bond donors (Lipinski definition) is 3. The van der Waals surface area contributed by atoms with Crippen molar-refractivity contribution in [2.75, 3.05) is 65.3 Å². The first kappa shape index (κ1) is 47.2. The molecule has 0 radical (unpaired) electrons. The third-order valence-electron chi connectivity index (χ3n) is 10.3. The number of unbranched alkanes of at least 4 members (excludes halogenated alkanes) is 3. The summed E-state index contributed by atoms with van der Waals surface area (Å²) in [6.07, 6.45) is 9.68. The summed E-state index contributed by atoms with van der Waals surface area (Å²) in [7, 11) is 0. The van der Waals surface area contributed by atoms with Gasteiger partial charge in [0.1, 0.15) is 18.1 Å². The zero-order valence-electron chi connectivity index (χ0n) is 34.5. The highest BCUT2D eigenvalue weighted by Gasteiger charge is 2.38. The lowest BCUT2D eigenvalue weighted by Gasteiger charge is -2.18. The van der Waals surface area contributed by atoms with Gasteiger partial charge in [0.15, 0.2) is 23.2 Å². The number of fused-ring (bicyclic) bond motifs is 1. The Kier molecular flexibility index (Phi) is 20.8. The highest BCUT2D eigenvalue weighted by atomic mass is 32.2. The van der Waals surface area contributed by atoms with E-state index in [1.54, 1.807) is 30.5 Å². The Morgan fingerprint density at radius 2 is 1.60 bits per heavy atom. The first-order chi connectivity index (χ1) is 29.3. The van der Waals surface area contributed by atoms with E-state index in [0.29, 0.717) is 112 Å². The van der Waals surface area contributed by atoms with Gasteiger partial charge in [0.05, 0.1) is 64.2 Å². The maximum absolute atomic E-state index is 14.0. The number of carbonyl (C=O) groups excluding carboxylic acids is 3. The number of nitrogens with zero attached hydrogens (tertiary/aromatic N) is 3. The Labute approximate surface area is 355 Å². The van der Waals surface area contributed by atoms with Gasteiger partial charge in [-0.3, -0.25) is 25.0 Å². The molecule has 2 saturated heterocycles. The Morgan fingerprint density at radius 3 is 2.37 bits per heavy atom. The third kappa shape index (κ3) is 15.9. The van der Waals surface area contributed by atoms with Gasteiger partial charge in [-0.1, -0.05) is 50.0 Å². The minimum atomic E-state index is -0.913. The molecule has 0 aliphatic carbocycles. The van der Waals surface area contributed by atoms with Crippen LogP contribution < -0.4 is 20.7 Å². The van der Waals surface area contributed by atoms with Crippen LogP contribution in [0.2, 0.25) is 0 Å². The topological polar surface area (TPSA) is 164 Å². The zero-order valence-corrected chi connectivity index (χ0v) is 35.4. The van der Waals surface area contributed by atoms with E-state index in [1.807, 2.05) is 6.92 Å². The number of aromatic nitrogens is 3. The summed E-state index contributed by atoms with van der Waals surface area (Å²) in [5.74, 6) is -1.94. The van der Waals surface area contributed by atoms with Crippen LogP contribution in [-0.4, -0.2) is 121 Å². The fraction of sp³-hybridized carbons (Fsp3) is 0.605. The number of amides is 1. The first-order valence-electron chi connectivity index (χ1n) is 21.2. The van der Waals surface area contributed by atoms with Crippen LogP contribution in [0, 0.1) is 11.6 Å². The molecule has 2 aromatic carbocycles. The number of nitrogens with one attached hydrogen (secondary N) is 3. The molecule has 60 heavy (non-hydrogen) atoms. The van der Waals surface area contributed by atoms with Crippen LogP contribution in [0.4, 0.5) is 8.78 Å². The van der Waals surface area contributed by atoms with Crippen LogP contribution in [0.1, 0.15) is 87.2 Å². The van der Waals surface area contributed by atoms with Crippen molar-refractivity contribution in [1.29, 1.82) is 0 Å². The normalized spacial score (nSPS) is 17.8. The molecule has 14 nitrogen and oxygen atoms in total. The number of Topliss-reactive ketones (excluding diaryl/α,β-unsaturated/α-hetero) is 2. The molecule has 0 saturated carbocycles. The number of ketones is 2. The number of benzene rings is 2. The van der Waals surface area contributed by atoms with Gasteiger partial charge < -0.3 is 29.0 Å². The maximum Gasteiger partial charge on any atom is 0.251 e. The highest BCUT2D eigenvalue weighted by Crippen LogP contribution is 2.33. The maximum atomic E-state index is 14.0. The van der Waals surface area contributed by atoms with Gasteiger partial charge in [-0.05, 0) is 56.0 Å². The molecule has 0 bridgehead atoms. The van der Waals surface area contributed by atoms with Crippen molar-refractivity contribution in [1.82, 2.24) is 30.9 Å². The number of ether oxygens (including phenoxy) is 5. The zero-order chi connectivity index (χ0) is 42.4. The first-order valence-corrected chi connectivity index (χ1v) is 22.2. The molecule has 2 aliphatic heterocycles. The summed E-state index contributed by atoms with van der Waals surface area (Å²) in [5, 5.41) is 18.8. The molecule has 17 heteroatoms. The number of hydrogen-bond acceptors (Lipinski definition) is 13. The van der Waals surface area contributed by atoms with Gasteiger partial charge in [0, 0.05) is 54.8 Å². The van der Waals surface area contributed by atoms with Crippen molar-refractivity contribution in [3.05, 3.63) is 71.6 Å². The van der Waals surface area contributed by atoms with Gasteiger partial charge in [0.2, 0.25) is 0 Å². The minimum absolute atomic E-state index is 0.208. The fourth-order valence-electron chi connectivity index (χ4n) is 7.02. The van der Waals surface area contributed by atoms with Crippen molar-refractivity contribution in [2.24, 2.45) is 0 Å². The molecular weight excluding hydrogens is 799 g/mol. The molecule has 330 valence electrons. The van der Waals surface area contributed by atoms with Crippen LogP contribution >= 0.6 is 11.8 Å². The van der Waals surface area contributed by atoms with Crippen molar-refractivity contribution >= 4 is 29.2 Å². The number of rotatable bonds is 31. The second-order valence-electron chi connectivity index (χ2n) is 14.9. The second kappa shape index (κ2) is 26.5. The molecule has 2 aliphatic rings. The largest absolute Gasteiger partial charge is 0.480 e. The van der Waals surface area contributed by atoms with E-state index in [-0.39, 0.29) is 6.61 Å². The Morgan fingerprint density at radius 1 is 0.883 bits per heavy atom. The molecule has 2 fully saturated rings. The number of para-hydroxylation sites is 1. The second-order valence-corrected chi connectivity index (χ2v) is 16.2. The molecule has 3 heterocycles. The summed E-state index contributed by atoms with van der Waals surface area (Å²) >= 11 is 2.05. The predicted octanol–water partition coefficient (Wildman–Crippen LogP) is 5.35. The average Bonchev–Trinajstić information content (AvgIpc) is 4.01. The minimum Gasteiger partial charge on any atom is -0.480 e. The van der Waals surface area contributed by atoms with Crippen LogP contribution in [0.5, 0.6) is 5.75 Å². The quantitative estimate of drug-likeness (QED) is 0.0711. The summed E-state index contributed by atoms with van der Waals surface area (Å²) in [6.45, 7) is 5.60. The van der Waals surface area contributed by atoms with E-state index in [1.165, 1.54) is 22.9 Å². The van der Waals surface area contributed by atoms with Crippen LogP contribution in [0.15, 0.2) is 48.7 Å². The summed E-state index contributed by atoms with van der Waals surface area (Å²) in [5.41, 5.74) is 1.45. The molecular formula is C43H60F2N6O8S. The van der Waals surface area contributed by atoms with Gasteiger partial charge in [-0.2, -0.15) is 11.8 Å². The summed E-state index contributed by atoms with van der Waals surface area (Å²) in [6, 6.07) is 10.3. The summed E-state index contributed by atoms with van der Waals surface area (Å²) in [4.78, 5) is 38.6. The van der Waals surface area contributed by atoms with E-state index in [2.05, 4.69) is 38.0 Å². The molecule has 0 unspecified atom stereocenters. The Hall–Kier alpha value is -3.84. The standard InChI is InChI=1S/C43H60F2N6O8S/c1-2-3-4-16-37(39(53)28-59-42-35(44)14-8-15-36(42)45)48-43(54)31-10-7-11-33(25-31)51-26-32(49-50-51)27-58-24-23-57-22-21-56-20-19-55-18-9-13-34(52)12-5-6-17-40-41-38(29-60-40)46-30-47-41/h7-8,10-11,14-15,25-26,37-38,40-41,46-47H,2-6,9,12-13,16-24,27-30H2,1H3,(H,48,54)/t37-,38-,40-,41-/m0/s1. The lowest BCUT2D eigenvalue weighted by Crippen LogP contribution is -2.43. The molecule has 5 rings (SSSR count). The summed E-state index contributed by atoms with van der Waals surface area (Å²) < 4.78 is 57.2. The van der Waals surface area contributed by atoms with E-state index in [9.17, 15) is 23.2 Å². The number of halogens is 2. The van der Waals surface area contributed by atoms with E-state index in [4.69, 9.17) is 23.7 Å². The van der Waals surface area contributed by atoms with Gasteiger partial charge in [0.25, 0.3) is 5.91 Å². The van der Waals surface area contributed by atoms with E-state index in [0.717, 1.165) is 50.9 Å². The molecule has 4 atom stereocenters. The van der Waals surface area contributed by atoms with Crippen molar-refractivity contribution in [3.8, 4) is 11.4 Å². The molecule has 3 N–H and O–H groups in total. The molecule has 3 aromatic rings. The molecule has 1 aromatic heterocycles. The Bertz CT molecular complexity index is 1750. The van der Waals surface area contributed by atoms with Crippen molar-refractivity contribution < 1.29 is 46.8 Å². The van der Waals surface area contributed by atoms with Gasteiger partial charge in [-0.25, -0.2) is 13.5 Å². The number of thioether (sulfide) groups is 1. The van der Waals surface area contributed by atoms with Crippen molar-refractivity contribution in [2.45, 2.75) is 101 Å². The number of carbonyl (C=O) groups is 3. The van der Waals surface area contributed by atoms with E-state index >= 15 is 0 Å². The van der Waals surface area contributed by atoms with Crippen LogP contribution in [-0.2, 0) is 35.1 Å². The fourth-order valence-corrected chi connectivity index (χ4v) is 8.63. The van der Waals surface area contributed by atoms with Gasteiger partial charge >= 0.3 is 0 Å². The SMILES string of the molecule is CCCCC[C@H](NC(=O)c1cccc(-n2cc(COCCOCCOCCOCCCC(=O)CCCC[C@@H]3SC[C@@H]4NCN[C@@H]43)nn2)c1)C(=O)COc1c(F)cccc1F. The van der Waals surface area contributed by atoms with Gasteiger partial charge in [-0.15, -0.1) is 5.10 Å². The van der Waals surface area contributed by atoms with E-state index < -0.39 is 41.7 Å². The molecule has 1 amide bonds. The van der Waals surface area contributed by atoms with Crippen LogP contribution in [0.3, 0.4) is 0 Å². The third-order valence-corrected chi connectivity index (χ3v) is 11.8. The average molecular weight is 859 g/mol. The predicted molar refractivity (Wildman–Crippen MR) is 223 cm³/mol. The van der Waals surface area contributed by atoms with Crippen molar-refractivity contribution in [3.63, 3.8) is 0 Å². The highest BCUT2D eigenvalue weighted by molar-refractivity contribution is 8.00. The lowest BCUT2D eigenvalue weighted by atomic mass is 10.0. The molecule has 0 spiro atoms. The Balaban J connectivity index is 0.882. The smallest absolute Gasteiger partial charge is 0.251 e. The monoisotopic (exact) mass is 858 g/mol. The van der Waals surface area contributed by atoms with Crippen LogP contribution in [0.25, 0.3) is 5.69 Å². The lowest BCUT2D eigenvalue weighted by molar-refractivity contribution is -0.123.